The van der Waals surface area contributed by atoms with Gasteiger partial charge in [0, 0.05) is 17.2 Å². The van der Waals surface area contributed by atoms with Crippen molar-refractivity contribution in [3.05, 3.63) is 138 Å². The first kappa shape index (κ1) is 25.0. The van der Waals surface area contributed by atoms with Gasteiger partial charge in [0.1, 0.15) is 6.04 Å². The number of anilines is 1. The van der Waals surface area contributed by atoms with Gasteiger partial charge in [0.2, 0.25) is 5.91 Å². The number of aryl methyl sites for hydroxylation is 1. The van der Waals surface area contributed by atoms with Gasteiger partial charge in [0.25, 0.3) is 0 Å². The molecule has 0 spiro atoms. The molecule has 6 heteroatoms. The third kappa shape index (κ3) is 4.81. The Morgan fingerprint density at radius 1 is 0.711 bits per heavy atom. The molecule has 0 radical (unpaired) electrons. The lowest BCUT2D eigenvalue weighted by atomic mass is 9.76. The van der Waals surface area contributed by atoms with E-state index in [0.717, 1.165) is 16.7 Å². The number of urea groups is 1. The van der Waals surface area contributed by atoms with Crippen LogP contribution < -0.4 is 11.1 Å². The van der Waals surface area contributed by atoms with Gasteiger partial charge < -0.3 is 16.0 Å². The number of ketones is 1. The van der Waals surface area contributed by atoms with E-state index in [9.17, 15) is 14.4 Å². The van der Waals surface area contributed by atoms with Crippen LogP contribution in [0.3, 0.4) is 0 Å². The summed E-state index contributed by atoms with van der Waals surface area (Å²) in [6.07, 6.45) is 0. The van der Waals surface area contributed by atoms with Crippen molar-refractivity contribution in [2.24, 2.45) is 11.7 Å². The summed E-state index contributed by atoms with van der Waals surface area (Å²) in [6.45, 7) is 1.98. The highest BCUT2D eigenvalue weighted by molar-refractivity contribution is 6.02. The minimum absolute atomic E-state index is 0.147. The molecule has 0 aliphatic carbocycles. The van der Waals surface area contributed by atoms with Crippen molar-refractivity contribution in [3.63, 3.8) is 0 Å². The number of carbonyl (C=O) groups is 3. The van der Waals surface area contributed by atoms with E-state index in [2.05, 4.69) is 5.32 Å². The van der Waals surface area contributed by atoms with Gasteiger partial charge in [-0.25, -0.2) is 4.79 Å². The van der Waals surface area contributed by atoms with Crippen molar-refractivity contribution in [1.29, 1.82) is 0 Å². The largest absolute Gasteiger partial charge is 0.368 e. The van der Waals surface area contributed by atoms with E-state index in [0.29, 0.717) is 11.3 Å². The summed E-state index contributed by atoms with van der Waals surface area (Å²) >= 11 is 0. The van der Waals surface area contributed by atoms with Crippen LogP contribution in [-0.4, -0.2) is 28.7 Å². The SMILES string of the molecule is Cc1ccc(C2C(C(=O)c3ccccc3)C(c3ccccc3)C(C(N)=O)N2C(=O)Nc2ccccc2)cc1. The number of nitrogens with two attached hydrogens (primary N) is 1. The number of benzene rings is 4. The van der Waals surface area contributed by atoms with Gasteiger partial charge in [-0.2, -0.15) is 0 Å². The van der Waals surface area contributed by atoms with Crippen LogP contribution in [0.15, 0.2) is 115 Å². The Labute approximate surface area is 222 Å². The fraction of sp³-hybridized carbons (Fsp3) is 0.156. The van der Waals surface area contributed by atoms with E-state index in [1.807, 2.05) is 97.9 Å². The summed E-state index contributed by atoms with van der Waals surface area (Å²) in [5.41, 5.74) is 9.72. The predicted octanol–water partition coefficient (Wildman–Crippen LogP) is 5.72. The average Bonchev–Trinajstić information content (AvgIpc) is 3.31. The molecule has 190 valence electrons. The third-order valence-electron chi connectivity index (χ3n) is 7.18. The summed E-state index contributed by atoms with van der Waals surface area (Å²) < 4.78 is 0. The smallest absolute Gasteiger partial charge is 0.323 e. The molecule has 6 nitrogen and oxygen atoms in total. The van der Waals surface area contributed by atoms with Crippen LogP contribution in [0.2, 0.25) is 0 Å². The lowest BCUT2D eigenvalue weighted by Gasteiger charge is -2.31. The Morgan fingerprint density at radius 3 is 1.84 bits per heavy atom. The number of para-hydroxylation sites is 1. The molecule has 0 bridgehead atoms. The van der Waals surface area contributed by atoms with Crippen molar-refractivity contribution < 1.29 is 14.4 Å². The summed E-state index contributed by atoms with van der Waals surface area (Å²) in [6, 6.07) is 32.9. The van der Waals surface area contributed by atoms with Crippen molar-refractivity contribution in [2.75, 3.05) is 5.32 Å². The molecule has 5 rings (SSSR count). The molecule has 4 aromatic carbocycles. The van der Waals surface area contributed by atoms with Crippen LogP contribution in [-0.2, 0) is 4.79 Å². The monoisotopic (exact) mass is 503 g/mol. The van der Waals surface area contributed by atoms with E-state index >= 15 is 0 Å². The Bertz CT molecular complexity index is 1420. The van der Waals surface area contributed by atoms with Gasteiger partial charge in [-0.05, 0) is 30.2 Å². The van der Waals surface area contributed by atoms with E-state index in [4.69, 9.17) is 5.73 Å². The zero-order valence-electron chi connectivity index (χ0n) is 21.0. The van der Waals surface area contributed by atoms with Crippen LogP contribution in [0.25, 0.3) is 0 Å². The number of primary amides is 1. The molecule has 3 amide bonds. The molecule has 1 saturated heterocycles. The number of nitrogens with one attached hydrogen (secondary N) is 1. The molecule has 38 heavy (non-hydrogen) atoms. The molecular formula is C32H29N3O3. The lowest BCUT2D eigenvalue weighted by molar-refractivity contribution is -0.122. The predicted molar refractivity (Wildman–Crippen MR) is 148 cm³/mol. The number of hydrogen-bond acceptors (Lipinski definition) is 3. The van der Waals surface area contributed by atoms with Crippen LogP contribution in [0.4, 0.5) is 10.5 Å². The van der Waals surface area contributed by atoms with E-state index in [1.54, 1.807) is 24.3 Å². The number of nitrogens with zero attached hydrogens (tertiary/aromatic N) is 1. The summed E-state index contributed by atoms with van der Waals surface area (Å²) in [5, 5.41) is 2.92. The minimum atomic E-state index is -1.05. The molecule has 3 N–H and O–H groups in total. The molecule has 4 aromatic rings. The highest BCUT2D eigenvalue weighted by atomic mass is 16.2. The topological polar surface area (TPSA) is 92.5 Å². The zero-order chi connectivity index (χ0) is 26.6. The van der Waals surface area contributed by atoms with Gasteiger partial charge in [-0.15, -0.1) is 0 Å². The second kappa shape index (κ2) is 10.7. The van der Waals surface area contributed by atoms with Gasteiger partial charge >= 0.3 is 6.03 Å². The quantitative estimate of drug-likeness (QED) is 0.330. The summed E-state index contributed by atoms with van der Waals surface area (Å²) in [4.78, 5) is 42.9. The van der Waals surface area contributed by atoms with E-state index in [-0.39, 0.29) is 5.78 Å². The van der Waals surface area contributed by atoms with E-state index < -0.39 is 35.9 Å². The molecular weight excluding hydrogens is 474 g/mol. The Kier molecular flexibility index (Phi) is 7.05. The summed E-state index contributed by atoms with van der Waals surface area (Å²) in [5.74, 6) is -2.20. The maximum absolute atomic E-state index is 14.3. The number of Topliss-reactive ketones (excluding diaryl/α,β-unsaturated/α-hetero) is 1. The fourth-order valence-electron chi connectivity index (χ4n) is 5.49. The molecule has 4 atom stereocenters. The zero-order valence-corrected chi connectivity index (χ0v) is 21.0. The van der Waals surface area contributed by atoms with Gasteiger partial charge in [-0.3, -0.25) is 9.59 Å². The fourth-order valence-corrected chi connectivity index (χ4v) is 5.49. The number of hydrogen-bond donors (Lipinski definition) is 2. The van der Waals surface area contributed by atoms with Gasteiger partial charge in [-0.1, -0.05) is 109 Å². The maximum atomic E-state index is 14.3. The Hall–Kier alpha value is -4.71. The molecule has 4 unspecified atom stereocenters. The van der Waals surface area contributed by atoms with Crippen molar-refractivity contribution in [2.45, 2.75) is 24.9 Å². The number of likely N-dealkylation sites (tertiary alicyclic amines) is 1. The van der Waals surface area contributed by atoms with E-state index in [1.165, 1.54) is 4.90 Å². The molecule has 1 heterocycles. The first-order valence-corrected chi connectivity index (χ1v) is 12.6. The number of amides is 3. The summed E-state index contributed by atoms with van der Waals surface area (Å²) in [7, 11) is 0. The lowest BCUT2D eigenvalue weighted by Crippen LogP contribution is -2.48. The highest BCUT2D eigenvalue weighted by Gasteiger charge is 2.57. The molecule has 1 aliphatic heterocycles. The Balaban J connectivity index is 1.71. The third-order valence-corrected chi connectivity index (χ3v) is 7.18. The standard InChI is InChI=1S/C32H29N3O3/c1-21-17-19-23(20-18-21)28-27(30(36)24-13-7-3-8-14-24)26(22-11-5-2-6-12-22)29(31(33)37)35(28)32(38)34-25-15-9-4-10-16-25/h2-20,26-29H,1H3,(H2,33,37)(H,34,38). The van der Waals surface area contributed by atoms with Crippen molar-refractivity contribution in [3.8, 4) is 0 Å². The van der Waals surface area contributed by atoms with Crippen LogP contribution in [0, 0.1) is 12.8 Å². The van der Waals surface area contributed by atoms with Crippen LogP contribution in [0.5, 0.6) is 0 Å². The number of carbonyl (C=O) groups excluding carboxylic acids is 3. The second-order valence-electron chi connectivity index (χ2n) is 9.60. The highest BCUT2D eigenvalue weighted by Crippen LogP contribution is 2.51. The maximum Gasteiger partial charge on any atom is 0.323 e. The molecule has 0 saturated carbocycles. The number of rotatable bonds is 6. The van der Waals surface area contributed by atoms with Crippen LogP contribution in [0.1, 0.15) is 39.0 Å². The van der Waals surface area contributed by atoms with Gasteiger partial charge in [0.05, 0.1) is 12.0 Å². The first-order valence-electron chi connectivity index (χ1n) is 12.6. The molecule has 1 aliphatic rings. The molecule has 0 aromatic heterocycles. The van der Waals surface area contributed by atoms with Crippen molar-refractivity contribution >= 4 is 23.4 Å². The average molecular weight is 504 g/mol. The second-order valence-corrected chi connectivity index (χ2v) is 9.60. The van der Waals surface area contributed by atoms with Gasteiger partial charge in [0.15, 0.2) is 5.78 Å². The molecule has 1 fully saturated rings. The minimum Gasteiger partial charge on any atom is -0.368 e. The first-order chi connectivity index (χ1) is 18.5. The normalized spacial score (nSPS) is 20.6. The van der Waals surface area contributed by atoms with Crippen molar-refractivity contribution in [1.82, 2.24) is 4.90 Å². The van der Waals surface area contributed by atoms with Crippen LogP contribution >= 0.6 is 0 Å². The Morgan fingerprint density at radius 2 is 1.26 bits per heavy atom.